The van der Waals surface area contributed by atoms with Gasteiger partial charge in [-0.1, -0.05) is 12.1 Å². The van der Waals surface area contributed by atoms with Crippen LogP contribution in [0.15, 0.2) is 36.4 Å². The first-order valence-corrected chi connectivity index (χ1v) is 11.0. The van der Waals surface area contributed by atoms with Gasteiger partial charge in [-0.05, 0) is 42.3 Å². The molecule has 4 rings (SSSR count). The lowest BCUT2D eigenvalue weighted by Crippen LogP contribution is -2.24. The zero-order chi connectivity index (χ0) is 25.1. The van der Waals surface area contributed by atoms with Crippen LogP contribution in [0.25, 0.3) is 11.1 Å². The zero-order valence-electron chi connectivity index (χ0n) is 20.3. The number of aryl methyl sites for hydroxylation is 1. The van der Waals surface area contributed by atoms with Crippen molar-refractivity contribution in [1.29, 1.82) is 0 Å². The molecule has 0 aliphatic carbocycles. The highest BCUT2D eigenvalue weighted by atomic mass is 16.5. The van der Waals surface area contributed by atoms with E-state index in [1.807, 2.05) is 31.2 Å². The minimum absolute atomic E-state index is 0.102. The van der Waals surface area contributed by atoms with Crippen molar-refractivity contribution in [2.75, 3.05) is 39.1 Å². The van der Waals surface area contributed by atoms with Gasteiger partial charge in [0, 0.05) is 7.11 Å². The number of nitrogens with one attached hydrogen (secondary N) is 2. The Hall–Kier alpha value is -4.05. The molecule has 1 aromatic heterocycles. The molecule has 0 fully saturated rings. The topological polar surface area (TPSA) is 113 Å². The molecule has 0 spiro atoms. The van der Waals surface area contributed by atoms with Crippen molar-refractivity contribution in [2.45, 2.75) is 26.0 Å². The number of methoxy groups -OCH3 is 4. The molecule has 1 unspecified atom stereocenters. The number of amides is 2. The van der Waals surface area contributed by atoms with E-state index in [1.54, 1.807) is 38.1 Å². The first kappa shape index (κ1) is 24.1. The largest absolute Gasteiger partial charge is 0.495 e. The van der Waals surface area contributed by atoms with Gasteiger partial charge in [-0.25, -0.2) is 4.68 Å². The van der Waals surface area contributed by atoms with Crippen molar-refractivity contribution in [3.05, 3.63) is 47.7 Å². The Balaban J connectivity index is 1.66. The molecule has 3 aromatic rings. The normalized spacial score (nSPS) is 14.3. The maximum Gasteiger partial charge on any atom is 0.251 e. The minimum Gasteiger partial charge on any atom is -0.495 e. The first-order chi connectivity index (χ1) is 16.9. The van der Waals surface area contributed by atoms with E-state index in [-0.39, 0.29) is 24.8 Å². The third kappa shape index (κ3) is 4.65. The zero-order valence-corrected chi connectivity index (χ0v) is 20.3. The molecular weight excluding hydrogens is 452 g/mol. The summed E-state index contributed by atoms with van der Waals surface area (Å²) in [4.78, 5) is 25.8. The van der Waals surface area contributed by atoms with E-state index in [0.717, 1.165) is 11.1 Å². The Morgan fingerprint density at radius 3 is 2.43 bits per heavy atom. The number of nitrogens with zero attached hydrogens (tertiary/aromatic N) is 2. The van der Waals surface area contributed by atoms with Crippen molar-refractivity contribution in [3.63, 3.8) is 0 Å². The highest BCUT2D eigenvalue weighted by Crippen LogP contribution is 2.41. The SMILES string of the molecule is COCc1nn2c(c1-c1ccc(OC)c(OC)c1)NC(=O)C2CC(=O)Nc1cc(C)ccc1OC. The average molecular weight is 481 g/mol. The van der Waals surface area contributed by atoms with Gasteiger partial charge in [0.1, 0.15) is 17.6 Å². The molecule has 2 aromatic carbocycles. The standard InChI is InChI=1S/C25H28N4O6/c1-14-6-8-19(33-3)16(10-14)26-22(30)12-18-25(31)27-24-23(17(13-32-2)28-29(18)24)15-7-9-20(34-4)21(11-15)35-5/h6-11,18H,12-13H2,1-5H3,(H,26,30)(H,27,31). The van der Waals surface area contributed by atoms with Crippen LogP contribution in [0.2, 0.25) is 0 Å². The summed E-state index contributed by atoms with van der Waals surface area (Å²) in [5.41, 5.74) is 3.61. The quantitative estimate of drug-likeness (QED) is 0.482. The Kier molecular flexibility index (Phi) is 6.92. The van der Waals surface area contributed by atoms with Gasteiger partial charge in [0.2, 0.25) is 5.91 Å². The van der Waals surface area contributed by atoms with Gasteiger partial charge in [-0.2, -0.15) is 5.10 Å². The predicted octanol–water partition coefficient (Wildman–Crippen LogP) is 3.55. The van der Waals surface area contributed by atoms with Crippen LogP contribution in [0.5, 0.6) is 17.2 Å². The molecule has 2 amide bonds. The van der Waals surface area contributed by atoms with Gasteiger partial charge in [-0.15, -0.1) is 0 Å². The molecule has 35 heavy (non-hydrogen) atoms. The van der Waals surface area contributed by atoms with Crippen LogP contribution in [0.3, 0.4) is 0 Å². The molecule has 10 nitrogen and oxygen atoms in total. The number of hydrogen-bond acceptors (Lipinski definition) is 7. The van der Waals surface area contributed by atoms with Crippen LogP contribution in [0.1, 0.15) is 23.7 Å². The summed E-state index contributed by atoms with van der Waals surface area (Å²) in [6.07, 6.45) is -0.102. The monoisotopic (exact) mass is 480 g/mol. The molecule has 0 saturated heterocycles. The number of ether oxygens (including phenoxy) is 4. The Bertz CT molecular complexity index is 1270. The van der Waals surface area contributed by atoms with E-state index in [2.05, 4.69) is 15.7 Å². The first-order valence-electron chi connectivity index (χ1n) is 11.0. The summed E-state index contributed by atoms with van der Waals surface area (Å²) in [7, 11) is 6.23. The molecule has 0 bridgehead atoms. The lowest BCUT2D eigenvalue weighted by atomic mass is 10.0. The van der Waals surface area contributed by atoms with Gasteiger partial charge in [-0.3, -0.25) is 9.59 Å². The fraction of sp³-hybridized carbons (Fsp3) is 0.320. The molecule has 1 aliphatic heterocycles. The maximum absolute atomic E-state index is 12.9. The van der Waals surface area contributed by atoms with E-state index in [9.17, 15) is 9.59 Å². The van der Waals surface area contributed by atoms with Crippen molar-refractivity contribution in [1.82, 2.24) is 9.78 Å². The minimum atomic E-state index is -0.815. The highest BCUT2D eigenvalue weighted by molar-refractivity contribution is 6.04. The number of aromatic nitrogens is 2. The molecule has 2 N–H and O–H groups in total. The number of anilines is 2. The number of carbonyl (C=O) groups excluding carboxylic acids is 2. The Morgan fingerprint density at radius 1 is 1.03 bits per heavy atom. The van der Waals surface area contributed by atoms with Gasteiger partial charge < -0.3 is 29.6 Å². The van der Waals surface area contributed by atoms with Crippen LogP contribution >= 0.6 is 0 Å². The molecule has 0 radical (unpaired) electrons. The average Bonchev–Trinajstić information content (AvgIpc) is 3.33. The Morgan fingerprint density at radius 2 is 1.74 bits per heavy atom. The summed E-state index contributed by atoms with van der Waals surface area (Å²) < 4.78 is 23.0. The number of rotatable bonds is 9. The van der Waals surface area contributed by atoms with E-state index < -0.39 is 6.04 Å². The van der Waals surface area contributed by atoms with Gasteiger partial charge in [0.15, 0.2) is 11.5 Å². The summed E-state index contributed by atoms with van der Waals surface area (Å²) in [6, 6.07) is 10.1. The number of fused-ring (bicyclic) bond motifs is 1. The molecule has 2 heterocycles. The fourth-order valence-corrected chi connectivity index (χ4v) is 4.15. The highest BCUT2D eigenvalue weighted by Gasteiger charge is 2.37. The molecule has 184 valence electrons. The Labute approximate surface area is 203 Å². The molecule has 0 saturated carbocycles. The van der Waals surface area contributed by atoms with Gasteiger partial charge in [0.05, 0.1) is 51.3 Å². The van der Waals surface area contributed by atoms with Crippen LogP contribution < -0.4 is 24.8 Å². The third-order valence-corrected chi connectivity index (χ3v) is 5.78. The second kappa shape index (κ2) is 10.1. The second-order valence-electron chi connectivity index (χ2n) is 8.08. The summed E-state index contributed by atoms with van der Waals surface area (Å²) in [5.74, 6) is 1.51. The molecule has 1 atom stereocenters. The summed E-state index contributed by atoms with van der Waals surface area (Å²) >= 11 is 0. The van der Waals surface area contributed by atoms with Crippen LogP contribution in [0.4, 0.5) is 11.5 Å². The van der Waals surface area contributed by atoms with Crippen molar-refractivity contribution < 1.29 is 28.5 Å². The van der Waals surface area contributed by atoms with Crippen molar-refractivity contribution in [2.24, 2.45) is 0 Å². The van der Waals surface area contributed by atoms with Gasteiger partial charge >= 0.3 is 0 Å². The molecular formula is C25H28N4O6. The maximum atomic E-state index is 12.9. The van der Waals surface area contributed by atoms with E-state index in [4.69, 9.17) is 18.9 Å². The van der Waals surface area contributed by atoms with Crippen molar-refractivity contribution >= 4 is 23.3 Å². The summed E-state index contributed by atoms with van der Waals surface area (Å²) in [5, 5.41) is 10.4. The number of benzene rings is 2. The number of hydrogen-bond donors (Lipinski definition) is 2. The second-order valence-corrected chi connectivity index (χ2v) is 8.08. The van der Waals surface area contributed by atoms with Crippen LogP contribution in [0, 0.1) is 6.92 Å². The smallest absolute Gasteiger partial charge is 0.251 e. The van der Waals surface area contributed by atoms with E-state index in [1.165, 1.54) is 7.11 Å². The van der Waals surface area contributed by atoms with Crippen LogP contribution in [-0.2, 0) is 20.9 Å². The summed E-state index contributed by atoms with van der Waals surface area (Å²) in [6.45, 7) is 2.14. The van der Waals surface area contributed by atoms with Crippen LogP contribution in [-0.4, -0.2) is 50.0 Å². The fourth-order valence-electron chi connectivity index (χ4n) is 4.15. The van der Waals surface area contributed by atoms with Crippen molar-refractivity contribution in [3.8, 4) is 28.4 Å². The molecule has 1 aliphatic rings. The lowest BCUT2D eigenvalue weighted by Gasteiger charge is -2.13. The predicted molar refractivity (Wildman–Crippen MR) is 130 cm³/mol. The van der Waals surface area contributed by atoms with Gasteiger partial charge in [0.25, 0.3) is 5.91 Å². The van der Waals surface area contributed by atoms with E-state index in [0.29, 0.717) is 40.0 Å². The molecule has 10 heteroatoms. The number of carbonyl (C=O) groups is 2. The lowest BCUT2D eigenvalue weighted by molar-refractivity contribution is -0.123. The van der Waals surface area contributed by atoms with E-state index >= 15 is 0 Å². The third-order valence-electron chi connectivity index (χ3n) is 5.78.